The van der Waals surface area contributed by atoms with Crippen LogP contribution in [0.3, 0.4) is 0 Å². The van der Waals surface area contributed by atoms with Gasteiger partial charge in [0.1, 0.15) is 0 Å². The van der Waals surface area contributed by atoms with Gasteiger partial charge in [0.2, 0.25) is 0 Å². The number of rotatable bonds is 9. The Morgan fingerprint density at radius 1 is 1.17 bits per heavy atom. The number of benzene rings is 1. The van der Waals surface area contributed by atoms with E-state index in [-0.39, 0.29) is 18.1 Å². The van der Waals surface area contributed by atoms with Gasteiger partial charge in [-0.05, 0) is 57.9 Å². The van der Waals surface area contributed by atoms with E-state index in [1.54, 1.807) is 0 Å². The highest BCUT2D eigenvalue weighted by Crippen LogP contribution is 2.28. The SMILES string of the molecule is CCOc1cc(CNCC(C)C)ccc1OCC(=O)NC(C)(C)C. The number of amides is 1. The van der Waals surface area contributed by atoms with Gasteiger partial charge in [0, 0.05) is 12.1 Å². The van der Waals surface area contributed by atoms with Gasteiger partial charge < -0.3 is 20.1 Å². The monoisotopic (exact) mass is 336 g/mol. The first-order valence-corrected chi connectivity index (χ1v) is 8.61. The summed E-state index contributed by atoms with van der Waals surface area (Å²) in [5.74, 6) is 1.73. The second-order valence-corrected chi connectivity index (χ2v) is 7.33. The molecule has 0 saturated heterocycles. The van der Waals surface area contributed by atoms with Gasteiger partial charge in [-0.1, -0.05) is 19.9 Å². The zero-order valence-corrected chi connectivity index (χ0v) is 15.9. The highest BCUT2D eigenvalue weighted by molar-refractivity contribution is 5.78. The van der Waals surface area contributed by atoms with Crippen LogP contribution in [0.1, 0.15) is 47.1 Å². The molecule has 5 nitrogen and oxygen atoms in total. The zero-order chi connectivity index (χ0) is 18.2. The molecule has 0 atom stereocenters. The smallest absolute Gasteiger partial charge is 0.258 e. The van der Waals surface area contributed by atoms with Gasteiger partial charge in [0.15, 0.2) is 18.1 Å². The molecule has 0 aromatic heterocycles. The van der Waals surface area contributed by atoms with Gasteiger partial charge >= 0.3 is 0 Å². The van der Waals surface area contributed by atoms with Gasteiger partial charge in [-0.2, -0.15) is 0 Å². The Morgan fingerprint density at radius 2 is 1.88 bits per heavy atom. The van der Waals surface area contributed by atoms with Gasteiger partial charge in [0.05, 0.1) is 6.61 Å². The third-order valence-corrected chi connectivity index (χ3v) is 3.06. The predicted molar refractivity (Wildman–Crippen MR) is 97.5 cm³/mol. The highest BCUT2D eigenvalue weighted by atomic mass is 16.5. The van der Waals surface area contributed by atoms with E-state index >= 15 is 0 Å². The zero-order valence-electron chi connectivity index (χ0n) is 15.9. The van der Waals surface area contributed by atoms with Gasteiger partial charge in [-0.15, -0.1) is 0 Å². The average molecular weight is 336 g/mol. The highest BCUT2D eigenvalue weighted by Gasteiger charge is 2.15. The molecule has 0 unspecified atom stereocenters. The molecule has 0 aliphatic carbocycles. The van der Waals surface area contributed by atoms with Crippen molar-refractivity contribution in [2.24, 2.45) is 5.92 Å². The summed E-state index contributed by atoms with van der Waals surface area (Å²) in [7, 11) is 0. The second-order valence-electron chi connectivity index (χ2n) is 7.33. The van der Waals surface area contributed by atoms with Crippen LogP contribution in [0.5, 0.6) is 11.5 Å². The van der Waals surface area contributed by atoms with Crippen LogP contribution in [-0.2, 0) is 11.3 Å². The summed E-state index contributed by atoms with van der Waals surface area (Å²) >= 11 is 0. The molecule has 0 saturated carbocycles. The number of hydrogen-bond acceptors (Lipinski definition) is 4. The first-order chi connectivity index (χ1) is 11.2. The number of hydrogen-bond donors (Lipinski definition) is 2. The summed E-state index contributed by atoms with van der Waals surface area (Å²) in [5, 5.41) is 6.28. The summed E-state index contributed by atoms with van der Waals surface area (Å²) in [4.78, 5) is 11.9. The van der Waals surface area contributed by atoms with Crippen molar-refractivity contribution in [3.8, 4) is 11.5 Å². The molecule has 136 valence electrons. The van der Waals surface area contributed by atoms with Crippen LogP contribution in [0.25, 0.3) is 0 Å². The molecule has 0 aliphatic heterocycles. The van der Waals surface area contributed by atoms with Crippen LogP contribution >= 0.6 is 0 Å². The van der Waals surface area contributed by atoms with Crippen LogP contribution in [0, 0.1) is 5.92 Å². The summed E-state index contributed by atoms with van der Waals surface area (Å²) in [6.45, 7) is 14.4. The topological polar surface area (TPSA) is 59.6 Å². The minimum absolute atomic E-state index is 0.0255. The predicted octanol–water partition coefficient (Wildman–Crippen LogP) is 3.12. The Balaban J connectivity index is 2.67. The largest absolute Gasteiger partial charge is 0.490 e. The molecule has 2 N–H and O–H groups in total. The Hall–Kier alpha value is -1.75. The third kappa shape index (κ3) is 8.20. The van der Waals surface area contributed by atoms with Crippen LogP contribution in [0.2, 0.25) is 0 Å². The van der Waals surface area contributed by atoms with Crippen LogP contribution in [0.4, 0.5) is 0 Å². The minimum Gasteiger partial charge on any atom is -0.490 e. The van der Waals surface area contributed by atoms with E-state index in [4.69, 9.17) is 9.47 Å². The molecule has 1 aromatic rings. The van der Waals surface area contributed by atoms with Crippen molar-refractivity contribution >= 4 is 5.91 Å². The lowest BCUT2D eigenvalue weighted by Gasteiger charge is -2.21. The van der Waals surface area contributed by atoms with E-state index in [0.29, 0.717) is 24.0 Å². The van der Waals surface area contributed by atoms with Crippen molar-refractivity contribution in [2.75, 3.05) is 19.8 Å². The summed E-state index contributed by atoms with van der Waals surface area (Å²) in [6.07, 6.45) is 0. The van der Waals surface area contributed by atoms with Gasteiger partial charge in [-0.25, -0.2) is 0 Å². The summed E-state index contributed by atoms with van der Waals surface area (Å²) in [6, 6.07) is 5.82. The van der Waals surface area contributed by atoms with E-state index in [1.807, 2.05) is 45.9 Å². The standard InChI is InChI=1S/C19H32N2O3/c1-7-23-17-10-15(12-20-11-14(2)3)8-9-16(17)24-13-18(22)21-19(4,5)6/h8-10,14,20H,7,11-13H2,1-6H3,(H,21,22). The van der Waals surface area contributed by atoms with Crippen molar-refractivity contribution in [1.82, 2.24) is 10.6 Å². The fourth-order valence-electron chi connectivity index (χ4n) is 2.15. The lowest BCUT2D eigenvalue weighted by Crippen LogP contribution is -2.43. The fraction of sp³-hybridized carbons (Fsp3) is 0.632. The minimum atomic E-state index is -0.269. The molecule has 5 heteroatoms. The Morgan fingerprint density at radius 3 is 2.46 bits per heavy atom. The summed E-state index contributed by atoms with van der Waals surface area (Å²) in [5.41, 5.74) is 0.861. The number of ether oxygens (including phenoxy) is 2. The molecule has 1 amide bonds. The molecule has 0 bridgehead atoms. The van der Waals surface area contributed by atoms with Crippen LogP contribution < -0.4 is 20.1 Å². The molecule has 0 spiro atoms. The molecule has 0 heterocycles. The molecular formula is C19H32N2O3. The van der Waals surface area contributed by atoms with Crippen LogP contribution in [0.15, 0.2) is 18.2 Å². The first kappa shape index (κ1) is 20.3. The van der Waals surface area contributed by atoms with Gasteiger partial charge in [0.25, 0.3) is 5.91 Å². The average Bonchev–Trinajstić information content (AvgIpc) is 2.44. The molecule has 0 radical (unpaired) electrons. The molecule has 1 aromatic carbocycles. The molecule has 1 rings (SSSR count). The maximum Gasteiger partial charge on any atom is 0.258 e. The fourth-order valence-corrected chi connectivity index (χ4v) is 2.15. The lowest BCUT2D eigenvalue weighted by molar-refractivity contribution is -0.124. The van der Waals surface area contributed by atoms with Crippen molar-refractivity contribution in [2.45, 2.75) is 53.6 Å². The maximum absolute atomic E-state index is 11.9. The maximum atomic E-state index is 11.9. The molecule has 24 heavy (non-hydrogen) atoms. The number of carbonyl (C=O) groups excluding carboxylic acids is 1. The van der Waals surface area contributed by atoms with Gasteiger partial charge in [-0.3, -0.25) is 4.79 Å². The quantitative estimate of drug-likeness (QED) is 0.727. The van der Waals surface area contributed by atoms with Crippen molar-refractivity contribution in [3.63, 3.8) is 0 Å². The Labute approximate surface area is 146 Å². The van der Waals surface area contributed by atoms with E-state index in [1.165, 1.54) is 0 Å². The van der Waals surface area contributed by atoms with E-state index in [2.05, 4.69) is 24.5 Å². The third-order valence-electron chi connectivity index (χ3n) is 3.06. The van der Waals surface area contributed by atoms with E-state index in [9.17, 15) is 4.79 Å². The molecular weight excluding hydrogens is 304 g/mol. The Bertz CT molecular complexity index is 522. The second kappa shape index (κ2) is 9.52. The summed E-state index contributed by atoms with van der Waals surface area (Å²) < 4.78 is 11.3. The van der Waals surface area contributed by atoms with E-state index in [0.717, 1.165) is 18.7 Å². The van der Waals surface area contributed by atoms with Crippen molar-refractivity contribution in [3.05, 3.63) is 23.8 Å². The lowest BCUT2D eigenvalue weighted by atomic mass is 10.1. The number of nitrogens with one attached hydrogen (secondary N) is 2. The van der Waals surface area contributed by atoms with E-state index < -0.39 is 0 Å². The first-order valence-electron chi connectivity index (χ1n) is 8.61. The number of carbonyl (C=O) groups is 1. The Kier molecular flexibility index (Phi) is 8.05. The normalized spacial score (nSPS) is 11.5. The molecule has 0 fully saturated rings. The van der Waals surface area contributed by atoms with Crippen LogP contribution in [-0.4, -0.2) is 31.2 Å². The van der Waals surface area contributed by atoms with Crippen molar-refractivity contribution in [1.29, 1.82) is 0 Å². The molecule has 0 aliphatic rings. The van der Waals surface area contributed by atoms with Crippen molar-refractivity contribution < 1.29 is 14.3 Å².